The fourth-order valence-electron chi connectivity index (χ4n) is 4.48. The smallest absolute Gasteiger partial charge is 0.280 e. The summed E-state index contributed by atoms with van der Waals surface area (Å²) < 4.78 is 39.0. The van der Waals surface area contributed by atoms with E-state index in [9.17, 15) is 18.4 Å². The number of methoxy groups -OCH3 is 1. The third-order valence-corrected chi connectivity index (χ3v) is 8.59. The van der Waals surface area contributed by atoms with Gasteiger partial charge in [-0.2, -0.15) is 0 Å². The molecule has 11 heteroatoms. The van der Waals surface area contributed by atoms with Crippen molar-refractivity contribution >= 4 is 28.2 Å². The van der Waals surface area contributed by atoms with Gasteiger partial charge in [-0.3, -0.25) is 20.3 Å². The first kappa shape index (κ1) is 28.0. The van der Waals surface area contributed by atoms with Gasteiger partial charge in [0.25, 0.3) is 5.91 Å². The molecule has 1 saturated carbocycles. The maximum atomic E-state index is 14.1. The van der Waals surface area contributed by atoms with Gasteiger partial charge in [0, 0.05) is 31.5 Å². The summed E-state index contributed by atoms with van der Waals surface area (Å²) in [5.41, 5.74) is 2.38. The van der Waals surface area contributed by atoms with Crippen LogP contribution in [0.2, 0.25) is 0 Å². The number of hydroxylamine groups is 1. The first-order chi connectivity index (χ1) is 15.9. The van der Waals surface area contributed by atoms with Gasteiger partial charge in [-0.1, -0.05) is 0 Å². The molecule has 1 aromatic carbocycles. The Morgan fingerprint density at radius 1 is 1.12 bits per heavy atom. The summed E-state index contributed by atoms with van der Waals surface area (Å²) in [4.78, 5) is 15.1. The van der Waals surface area contributed by atoms with E-state index in [1.807, 2.05) is 6.92 Å². The zero-order valence-electron chi connectivity index (χ0n) is 19.3. The summed E-state index contributed by atoms with van der Waals surface area (Å²) in [5.74, 6) is -1.10. The number of hydrogen-bond donors (Lipinski definition) is 3. The molecule has 1 amide bonds. The number of sulfone groups is 1. The number of amides is 1. The summed E-state index contributed by atoms with van der Waals surface area (Å²) in [6.45, 7) is 2.58. The molecule has 0 radical (unpaired) electrons. The normalized spacial score (nSPS) is 20.0. The van der Waals surface area contributed by atoms with Crippen LogP contribution in [0.1, 0.15) is 38.2 Å². The van der Waals surface area contributed by atoms with Crippen LogP contribution in [0.3, 0.4) is 0 Å². The van der Waals surface area contributed by atoms with Crippen molar-refractivity contribution in [2.75, 3.05) is 13.7 Å². The van der Waals surface area contributed by atoms with Gasteiger partial charge in [-0.05, 0) is 74.6 Å². The molecule has 0 aliphatic heterocycles. The summed E-state index contributed by atoms with van der Waals surface area (Å²) in [7, 11) is -2.81. The highest BCUT2D eigenvalue weighted by molar-refractivity contribution is 7.93. The highest BCUT2D eigenvalue weighted by Crippen LogP contribution is 2.40. The van der Waals surface area contributed by atoms with Crippen molar-refractivity contribution in [3.63, 3.8) is 0 Å². The van der Waals surface area contributed by atoms with Crippen molar-refractivity contribution in [3.8, 4) is 5.75 Å². The first-order valence-corrected chi connectivity index (χ1v) is 12.5. The van der Waals surface area contributed by atoms with Crippen LogP contribution in [0.4, 0.5) is 0 Å². The Morgan fingerprint density at radius 3 is 2.26 bits per heavy atom. The summed E-state index contributed by atoms with van der Waals surface area (Å²) >= 11 is 0. The number of carbonyl (C=O) groups excluding carboxylic acids is 1. The lowest BCUT2D eigenvalue weighted by molar-refractivity contribution is -0.135. The van der Waals surface area contributed by atoms with Crippen LogP contribution in [-0.2, 0) is 25.9 Å². The molecule has 1 heterocycles. The molecule has 0 bridgehead atoms. The van der Waals surface area contributed by atoms with Crippen LogP contribution < -0.4 is 15.5 Å². The minimum Gasteiger partial charge on any atom is -0.497 e. The van der Waals surface area contributed by atoms with Crippen LogP contribution in [0.5, 0.6) is 5.75 Å². The summed E-state index contributed by atoms with van der Waals surface area (Å²) in [6.07, 6.45) is 5.33. The molecule has 0 saturated heterocycles. The molecule has 34 heavy (non-hydrogen) atoms. The van der Waals surface area contributed by atoms with Crippen LogP contribution in [-0.4, -0.2) is 49.2 Å². The zero-order valence-corrected chi connectivity index (χ0v) is 20.9. The van der Waals surface area contributed by atoms with E-state index in [0.29, 0.717) is 38.0 Å². The minimum atomic E-state index is -4.29. The van der Waals surface area contributed by atoms with Crippen molar-refractivity contribution in [1.82, 2.24) is 15.8 Å². The van der Waals surface area contributed by atoms with Crippen molar-refractivity contribution in [3.05, 3.63) is 54.4 Å². The van der Waals surface area contributed by atoms with Crippen LogP contribution in [0, 0.1) is 5.92 Å². The van der Waals surface area contributed by atoms with Crippen LogP contribution in [0.15, 0.2) is 53.7 Å². The van der Waals surface area contributed by atoms with Gasteiger partial charge in [-0.25, -0.2) is 13.9 Å². The molecule has 3 rings (SSSR count). The minimum absolute atomic E-state index is 0. The zero-order chi connectivity index (χ0) is 23.9. The van der Waals surface area contributed by atoms with Gasteiger partial charge in [0.05, 0.1) is 18.1 Å². The fraction of sp³-hybridized carbons (Fsp3) is 0.478. The predicted molar refractivity (Wildman–Crippen MR) is 129 cm³/mol. The number of halogens is 1. The molecule has 0 spiro atoms. The summed E-state index contributed by atoms with van der Waals surface area (Å²) in [6, 6.07) is 9.36. The number of hydrogen-bond acceptors (Lipinski definition) is 8. The van der Waals surface area contributed by atoms with E-state index in [-0.39, 0.29) is 30.0 Å². The van der Waals surface area contributed by atoms with Crippen molar-refractivity contribution < 1.29 is 27.9 Å². The molecule has 1 fully saturated rings. The molecular formula is C23H32ClN3O6S. The van der Waals surface area contributed by atoms with E-state index >= 15 is 0 Å². The number of nitrogens with one attached hydrogen (secondary N) is 2. The van der Waals surface area contributed by atoms with E-state index in [0.717, 1.165) is 5.56 Å². The van der Waals surface area contributed by atoms with E-state index in [4.69, 9.17) is 9.47 Å². The average molecular weight is 514 g/mol. The van der Waals surface area contributed by atoms with E-state index in [1.54, 1.807) is 30.0 Å². The summed E-state index contributed by atoms with van der Waals surface area (Å²) in [5, 5.41) is 12.7. The Bertz CT molecular complexity index is 1010. The molecule has 1 atom stereocenters. The lowest BCUT2D eigenvalue weighted by Gasteiger charge is -2.42. The fourth-order valence-corrected chi connectivity index (χ4v) is 6.57. The molecule has 3 N–H and O–H groups in total. The standard InChI is InChI=1S/C23H31N3O6S.ClH/c1-3-32-20-6-4-18(5-7-20)23(22(27)26-28,25-16-17-12-14-24-15-13-17)33(29,30)21-10-8-19(31-2)9-11-21;/h8-15,18,20,25,28H,3-7,16H2,1-2H3,(H,26,27);1H/t18-,20-,23-;/m1./s1. The second kappa shape index (κ2) is 12.5. The van der Waals surface area contributed by atoms with E-state index < -0.39 is 26.5 Å². The number of pyridine rings is 1. The molecule has 1 aromatic heterocycles. The molecular weight excluding hydrogens is 482 g/mol. The first-order valence-electron chi connectivity index (χ1n) is 11.0. The van der Waals surface area contributed by atoms with Gasteiger partial charge in [-0.15, -0.1) is 12.4 Å². The second-order valence-electron chi connectivity index (χ2n) is 7.99. The lowest BCUT2D eigenvalue weighted by atomic mass is 9.81. The highest BCUT2D eigenvalue weighted by Gasteiger charge is 2.57. The van der Waals surface area contributed by atoms with Crippen molar-refractivity contribution in [2.24, 2.45) is 5.92 Å². The Kier molecular flexibility index (Phi) is 10.3. The topological polar surface area (TPSA) is 127 Å². The van der Waals surface area contributed by atoms with Crippen molar-refractivity contribution in [2.45, 2.75) is 55.0 Å². The largest absolute Gasteiger partial charge is 0.497 e. The van der Waals surface area contributed by atoms with E-state index in [2.05, 4.69) is 10.3 Å². The lowest BCUT2D eigenvalue weighted by Crippen LogP contribution is -2.66. The quantitative estimate of drug-likeness (QED) is 0.327. The third kappa shape index (κ3) is 5.69. The maximum absolute atomic E-state index is 14.1. The Morgan fingerprint density at radius 2 is 1.74 bits per heavy atom. The molecule has 0 unspecified atom stereocenters. The van der Waals surface area contributed by atoms with E-state index in [1.165, 1.54) is 31.4 Å². The SMILES string of the molecule is CCO[C@H]1CC[C@H]([C@](NCc2ccncc2)(C(=O)NO)S(=O)(=O)c2ccc(OC)cc2)CC1.Cl. The Labute approximate surface area is 206 Å². The van der Waals surface area contributed by atoms with Gasteiger partial charge in [0.1, 0.15) is 5.75 Å². The van der Waals surface area contributed by atoms with Gasteiger partial charge < -0.3 is 9.47 Å². The number of benzene rings is 1. The highest BCUT2D eigenvalue weighted by atomic mass is 35.5. The molecule has 1 aliphatic rings. The predicted octanol–water partition coefficient (Wildman–Crippen LogP) is 2.87. The number of ether oxygens (including phenoxy) is 2. The average Bonchev–Trinajstić information content (AvgIpc) is 2.85. The Balaban J connectivity index is 0.00000408. The number of rotatable bonds is 10. The van der Waals surface area contributed by atoms with Gasteiger partial charge in [0.15, 0.2) is 0 Å². The number of aromatic nitrogens is 1. The monoisotopic (exact) mass is 513 g/mol. The van der Waals surface area contributed by atoms with Gasteiger partial charge in [0.2, 0.25) is 14.7 Å². The Hall–Kier alpha value is -2.24. The van der Waals surface area contributed by atoms with Crippen LogP contribution >= 0.6 is 12.4 Å². The molecule has 188 valence electrons. The van der Waals surface area contributed by atoms with Gasteiger partial charge >= 0.3 is 0 Å². The van der Waals surface area contributed by atoms with Crippen molar-refractivity contribution in [1.29, 1.82) is 0 Å². The molecule has 9 nitrogen and oxygen atoms in total. The maximum Gasteiger partial charge on any atom is 0.280 e. The van der Waals surface area contributed by atoms with Crippen LogP contribution in [0.25, 0.3) is 0 Å². The molecule has 2 aromatic rings. The number of carbonyl (C=O) groups is 1. The second-order valence-corrected chi connectivity index (χ2v) is 10.1. The third-order valence-electron chi connectivity index (χ3n) is 6.19. The number of nitrogens with zero attached hydrogens (tertiary/aromatic N) is 1. The molecule has 1 aliphatic carbocycles.